The summed E-state index contributed by atoms with van der Waals surface area (Å²) in [5.74, 6) is -1.72. The quantitative estimate of drug-likeness (QED) is 0.0466. The minimum Gasteiger partial charge on any atom is -0.506 e. The predicted octanol–water partition coefficient (Wildman–Crippen LogP) is 5.11. The number of nitrogens with one attached hydrogen (secondary N) is 2. The van der Waals surface area contributed by atoms with Crippen LogP contribution in [0.3, 0.4) is 0 Å². The molecule has 5 aromatic rings. The SMILES string of the molecule is Cn1cc(-c2cccc(CCOCC(C(=O)N(CCNCCc3ccc(O)c4c3OCC(=O)N4)C3CCCCC3)c3ccc4c(S(=O)(=O)O)cccc4c3S(=O)(=O)O)c2)cn1. The molecule has 2 heterocycles. The summed E-state index contributed by atoms with van der Waals surface area (Å²) >= 11 is 0. The van der Waals surface area contributed by atoms with Gasteiger partial charge >= 0.3 is 0 Å². The van der Waals surface area contributed by atoms with Crippen LogP contribution in [0.15, 0.2) is 88.9 Å². The Morgan fingerprint density at radius 1 is 0.967 bits per heavy atom. The second kappa shape index (κ2) is 18.7. The van der Waals surface area contributed by atoms with E-state index in [0.717, 1.165) is 60.4 Å². The van der Waals surface area contributed by atoms with E-state index in [1.165, 1.54) is 30.3 Å². The molecule has 324 valence electrons. The molecule has 2 amide bonds. The van der Waals surface area contributed by atoms with Crippen molar-refractivity contribution < 1.29 is 50.1 Å². The third kappa shape index (κ3) is 10.2. The maximum absolute atomic E-state index is 15.1. The van der Waals surface area contributed by atoms with Crippen molar-refractivity contribution in [3.8, 4) is 22.6 Å². The number of aromatic nitrogens is 2. The molecule has 1 saturated carbocycles. The topological polar surface area (TPSA) is 227 Å². The Balaban J connectivity index is 1.16. The summed E-state index contributed by atoms with van der Waals surface area (Å²) < 4.78 is 85.6. The normalized spacial score (nSPS) is 15.2. The van der Waals surface area contributed by atoms with E-state index in [1.54, 1.807) is 21.8 Å². The Labute approximate surface area is 354 Å². The second-order valence-electron chi connectivity index (χ2n) is 15.4. The molecule has 1 aliphatic carbocycles. The first kappa shape index (κ1) is 43.7. The lowest BCUT2D eigenvalue weighted by Gasteiger charge is -2.37. The summed E-state index contributed by atoms with van der Waals surface area (Å²) in [7, 11) is -8.05. The van der Waals surface area contributed by atoms with Crippen LogP contribution in [0.1, 0.15) is 54.7 Å². The van der Waals surface area contributed by atoms with Gasteiger partial charge in [0.2, 0.25) is 5.91 Å². The molecule has 4 aromatic carbocycles. The summed E-state index contributed by atoms with van der Waals surface area (Å²) in [4.78, 5) is 27.5. The number of aromatic hydroxyl groups is 1. The number of hydrogen-bond acceptors (Lipinski definition) is 11. The molecular weight excluding hydrogens is 827 g/mol. The van der Waals surface area contributed by atoms with Crippen molar-refractivity contribution in [1.29, 1.82) is 0 Å². The number of ether oxygens (including phenoxy) is 2. The third-order valence-corrected chi connectivity index (χ3v) is 13.1. The predicted molar refractivity (Wildman–Crippen MR) is 227 cm³/mol. The largest absolute Gasteiger partial charge is 0.506 e. The van der Waals surface area contributed by atoms with E-state index in [0.29, 0.717) is 31.7 Å². The van der Waals surface area contributed by atoms with Crippen molar-refractivity contribution in [3.05, 3.63) is 95.8 Å². The van der Waals surface area contributed by atoms with Gasteiger partial charge in [0.05, 0.1) is 25.3 Å². The van der Waals surface area contributed by atoms with Crippen LogP contribution in [-0.2, 0) is 54.5 Å². The highest BCUT2D eigenvalue weighted by molar-refractivity contribution is 7.86. The van der Waals surface area contributed by atoms with Crippen LogP contribution in [0.25, 0.3) is 21.9 Å². The number of nitrogens with zero attached hydrogens (tertiary/aromatic N) is 3. The van der Waals surface area contributed by atoms with Crippen LogP contribution in [0.5, 0.6) is 11.5 Å². The maximum Gasteiger partial charge on any atom is 0.295 e. The standard InChI is InChI=1S/C43H49N5O11S2/c1-47-25-31(24-45-47)30-8-5-7-28(23-30)18-22-58-26-36(35-15-14-33-34(42(35)61(55,56)57)11-6-12-38(33)60(52,53)54)43(51)48(32-9-3-2-4-10-32)21-20-44-19-17-29-13-16-37(49)40-41(29)59-27-39(50)46-40/h5-8,11-16,23-25,32,36,44,49H,2-4,9-10,17-22,26-27H2,1H3,(H,46,50)(H,52,53,54)(H,55,56,57). The Hall–Kier alpha value is -5.37. The zero-order chi connectivity index (χ0) is 43.3. The molecule has 18 heteroatoms. The molecule has 5 N–H and O–H groups in total. The molecule has 2 aliphatic rings. The molecular formula is C43H49N5O11S2. The van der Waals surface area contributed by atoms with E-state index in [1.807, 2.05) is 37.5 Å². The summed E-state index contributed by atoms with van der Waals surface area (Å²) in [5.41, 5.74) is 3.81. The number of aryl methyl sites for hydroxylation is 1. The number of carbonyl (C=O) groups excluding carboxylic acids is 2. The number of anilines is 1. The van der Waals surface area contributed by atoms with Gasteiger partial charge in [0.1, 0.15) is 21.2 Å². The average Bonchev–Trinajstić information content (AvgIpc) is 3.68. The molecule has 16 nitrogen and oxygen atoms in total. The van der Waals surface area contributed by atoms with Gasteiger partial charge in [0.15, 0.2) is 12.4 Å². The smallest absolute Gasteiger partial charge is 0.295 e. The third-order valence-electron chi connectivity index (χ3n) is 11.2. The zero-order valence-corrected chi connectivity index (χ0v) is 35.3. The van der Waals surface area contributed by atoms with Crippen LogP contribution in [0, 0.1) is 0 Å². The number of benzene rings is 4. The van der Waals surface area contributed by atoms with Crippen molar-refractivity contribution in [1.82, 2.24) is 20.0 Å². The van der Waals surface area contributed by atoms with Crippen LogP contribution in [-0.4, -0.2) is 103 Å². The Bertz CT molecular complexity index is 2640. The van der Waals surface area contributed by atoms with Crippen molar-refractivity contribution in [2.75, 3.05) is 44.8 Å². The molecule has 0 bridgehead atoms. The van der Waals surface area contributed by atoms with E-state index < -0.39 is 41.9 Å². The van der Waals surface area contributed by atoms with Crippen molar-refractivity contribution >= 4 is 48.5 Å². The zero-order valence-electron chi connectivity index (χ0n) is 33.6. The Kier molecular flexibility index (Phi) is 13.4. The lowest BCUT2D eigenvalue weighted by Crippen LogP contribution is -2.48. The summed E-state index contributed by atoms with van der Waals surface area (Å²) in [5, 5.41) is 20.2. The number of phenolic OH excluding ortho intramolecular Hbond substituents is 1. The molecule has 1 atom stereocenters. The first-order valence-corrected chi connectivity index (χ1v) is 23.0. The average molecular weight is 876 g/mol. The number of rotatable bonds is 17. The van der Waals surface area contributed by atoms with Gasteiger partial charge in [-0.3, -0.25) is 23.4 Å². The number of carbonyl (C=O) groups is 2. The van der Waals surface area contributed by atoms with Gasteiger partial charge in [-0.2, -0.15) is 21.9 Å². The van der Waals surface area contributed by atoms with Gasteiger partial charge in [-0.15, -0.1) is 0 Å². The summed E-state index contributed by atoms with van der Waals surface area (Å²) in [6.07, 6.45) is 8.90. The van der Waals surface area contributed by atoms with Gasteiger partial charge in [0, 0.05) is 48.7 Å². The van der Waals surface area contributed by atoms with Gasteiger partial charge in [-0.1, -0.05) is 73.9 Å². The number of hydrogen-bond donors (Lipinski definition) is 5. The van der Waals surface area contributed by atoms with E-state index in [9.17, 15) is 35.8 Å². The molecule has 1 aromatic heterocycles. The van der Waals surface area contributed by atoms with Crippen LogP contribution >= 0.6 is 0 Å². The monoisotopic (exact) mass is 875 g/mol. The van der Waals surface area contributed by atoms with Gasteiger partial charge in [-0.05, 0) is 66.6 Å². The highest BCUT2D eigenvalue weighted by Crippen LogP contribution is 2.40. The molecule has 1 unspecified atom stereocenters. The van der Waals surface area contributed by atoms with Crippen LogP contribution in [0.2, 0.25) is 0 Å². The van der Waals surface area contributed by atoms with E-state index in [4.69, 9.17) is 9.47 Å². The number of amides is 2. The molecule has 0 saturated heterocycles. The van der Waals surface area contributed by atoms with Crippen LogP contribution in [0.4, 0.5) is 5.69 Å². The summed E-state index contributed by atoms with van der Waals surface area (Å²) in [6.45, 7) is 0.819. The fourth-order valence-corrected chi connectivity index (χ4v) is 9.96. The van der Waals surface area contributed by atoms with Gasteiger partial charge in [-0.25, -0.2) is 0 Å². The lowest BCUT2D eigenvalue weighted by molar-refractivity contribution is -0.137. The highest BCUT2D eigenvalue weighted by atomic mass is 32.2. The van der Waals surface area contributed by atoms with E-state index in [2.05, 4.69) is 15.7 Å². The van der Waals surface area contributed by atoms with E-state index >= 15 is 4.79 Å². The molecule has 1 fully saturated rings. The minimum atomic E-state index is -5.09. The summed E-state index contributed by atoms with van der Waals surface area (Å²) in [6, 6.07) is 17.3. The Morgan fingerprint density at radius 2 is 1.75 bits per heavy atom. The maximum atomic E-state index is 15.1. The van der Waals surface area contributed by atoms with Crippen molar-refractivity contribution in [2.24, 2.45) is 7.05 Å². The van der Waals surface area contributed by atoms with Crippen LogP contribution < -0.4 is 15.4 Å². The molecule has 0 radical (unpaired) electrons. The van der Waals surface area contributed by atoms with Crippen molar-refractivity contribution in [2.45, 2.75) is 66.7 Å². The van der Waals surface area contributed by atoms with Gasteiger partial charge < -0.3 is 30.1 Å². The fourth-order valence-electron chi connectivity index (χ4n) is 8.29. The van der Waals surface area contributed by atoms with Crippen molar-refractivity contribution in [3.63, 3.8) is 0 Å². The molecule has 61 heavy (non-hydrogen) atoms. The first-order valence-electron chi connectivity index (χ1n) is 20.1. The minimum absolute atomic E-state index is 0.0657. The van der Waals surface area contributed by atoms with E-state index in [-0.39, 0.29) is 66.1 Å². The molecule has 1 aliphatic heterocycles. The first-order chi connectivity index (χ1) is 29.2. The fraction of sp³-hybridized carbons (Fsp3) is 0.372. The van der Waals surface area contributed by atoms with Gasteiger partial charge in [0.25, 0.3) is 26.1 Å². The number of phenols is 1. The second-order valence-corrected chi connectivity index (χ2v) is 18.1. The Morgan fingerprint density at radius 3 is 2.49 bits per heavy atom. The highest BCUT2D eigenvalue weighted by Gasteiger charge is 2.36. The molecule has 0 spiro atoms. The molecule has 7 rings (SSSR count). The number of fused-ring (bicyclic) bond motifs is 2. The lowest BCUT2D eigenvalue weighted by atomic mass is 9.91.